The van der Waals surface area contributed by atoms with Gasteiger partial charge in [-0.05, 0) is 57.1 Å². The highest BCUT2D eigenvalue weighted by Crippen LogP contribution is 2.35. The van der Waals surface area contributed by atoms with Gasteiger partial charge in [0.25, 0.3) is 0 Å². The Morgan fingerprint density at radius 2 is 2.09 bits per heavy atom. The molecule has 3 nitrogen and oxygen atoms in total. The predicted octanol–water partition coefficient (Wildman–Crippen LogP) is 4.23. The Morgan fingerprint density at radius 3 is 2.73 bits per heavy atom. The van der Waals surface area contributed by atoms with E-state index in [1.807, 2.05) is 7.05 Å². The Balaban J connectivity index is 2.06. The van der Waals surface area contributed by atoms with Crippen LogP contribution in [0.5, 0.6) is 0 Å². The summed E-state index contributed by atoms with van der Waals surface area (Å²) >= 11 is 0. The van der Waals surface area contributed by atoms with E-state index in [1.54, 1.807) is 0 Å². The van der Waals surface area contributed by atoms with E-state index in [0.717, 1.165) is 37.8 Å². The standard InChI is InChI=1S/C16H22F3N3/c1-20-13-5-3-4-11(8-13)10-22-15-9-12(16(17,18)19)6-7-14(15)21-2/h6-7,9,11,13,20,22H,2-5,8,10H2,1H3. The molecule has 22 heavy (non-hydrogen) atoms. The zero-order valence-electron chi connectivity index (χ0n) is 12.7. The minimum atomic E-state index is -4.35. The molecule has 1 saturated carbocycles. The fraction of sp³-hybridized carbons (Fsp3) is 0.562. The average Bonchev–Trinajstić information content (AvgIpc) is 2.52. The number of hydrogen-bond donors (Lipinski definition) is 2. The lowest BCUT2D eigenvalue weighted by atomic mass is 9.85. The van der Waals surface area contributed by atoms with E-state index in [0.29, 0.717) is 29.9 Å². The minimum Gasteiger partial charge on any atom is -0.383 e. The molecule has 1 aliphatic rings. The van der Waals surface area contributed by atoms with Crippen LogP contribution in [0.25, 0.3) is 0 Å². The molecular formula is C16H22F3N3. The molecule has 2 unspecified atom stereocenters. The highest BCUT2D eigenvalue weighted by molar-refractivity contribution is 5.68. The number of alkyl halides is 3. The van der Waals surface area contributed by atoms with Gasteiger partial charge in [0.15, 0.2) is 0 Å². The van der Waals surface area contributed by atoms with Crippen molar-refractivity contribution in [1.82, 2.24) is 5.32 Å². The van der Waals surface area contributed by atoms with Crippen LogP contribution in [0.2, 0.25) is 0 Å². The van der Waals surface area contributed by atoms with Crippen molar-refractivity contribution in [3.63, 3.8) is 0 Å². The number of rotatable bonds is 5. The van der Waals surface area contributed by atoms with Crippen LogP contribution < -0.4 is 10.6 Å². The van der Waals surface area contributed by atoms with E-state index in [-0.39, 0.29) is 0 Å². The molecule has 122 valence electrons. The van der Waals surface area contributed by atoms with Gasteiger partial charge in [-0.3, -0.25) is 4.99 Å². The van der Waals surface area contributed by atoms with Crippen molar-refractivity contribution < 1.29 is 13.2 Å². The topological polar surface area (TPSA) is 36.4 Å². The molecule has 0 aliphatic heterocycles. The molecule has 2 N–H and O–H groups in total. The fourth-order valence-electron chi connectivity index (χ4n) is 2.98. The van der Waals surface area contributed by atoms with Gasteiger partial charge in [-0.2, -0.15) is 13.2 Å². The monoisotopic (exact) mass is 313 g/mol. The molecule has 0 saturated heterocycles. The van der Waals surface area contributed by atoms with Crippen molar-refractivity contribution in [2.24, 2.45) is 10.9 Å². The summed E-state index contributed by atoms with van der Waals surface area (Å²) in [5.74, 6) is 0.457. The van der Waals surface area contributed by atoms with Crippen LogP contribution in [0, 0.1) is 5.92 Å². The molecule has 0 bridgehead atoms. The predicted molar refractivity (Wildman–Crippen MR) is 83.9 cm³/mol. The Bertz CT molecular complexity index is 514. The number of anilines is 1. The van der Waals surface area contributed by atoms with Crippen molar-refractivity contribution in [2.75, 3.05) is 18.9 Å². The second-order valence-corrected chi connectivity index (χ2v) is 5.79. The first-order chi connectivity index (χ1) is 10.4. The maximum absolute atomic E-state index is 12.8. The van der Waals surface area contributed by atoms with Gasteiger partial charge in [-0.25, -0.2) is 0 Å². The lowest BCUT2D eigenvalue weighted by Crippen LogP contribution is -2.33. The van der Waals surface area contributed by atoms with Crippen molar-refractivity contribution >= 4 is 18.1 Å². The van der Waals surface area contributed by atoms with Gasteiger partial charge in [0.2, 0.25) is 0 Å². The van der Waals surface area contributed by atoms with Crippen molar-refractivity contribution in [3.8, 4) is 0 Å². The van der Waals surface area contributed by atoms with Crippen molar-refractivity contribution in [1.29, 1.82) is 0 Å². The highest BCUT2D eigenvalue weighted by Gasteiger charge is 2.31. The molecule has 1 aromatic carbocycles. The average molecular weight is 313 g/mol. The quantitative estimate of drug-likeness (QED) is 0.798. The molecule has 0 amide bonds. The van der Waals surface area contributed by atoms with Gasteiger partial charge in [0.1, 0.15) is 0 Å². The zero-order valence-corrected chi connectivity index (χ0v) is 12.7. The van der Waals surface area contributed by atoms with Gasteiger partial charge in [-0.1, -0.05) is 6.42 Å². The van der Waals surface area contributed by atoms with E-state index in [4.69, 9.17) is 0 Å². The summed E-state index contributed by atoms with van der Waals surface area (Å²) in [4.78, 5) is 3.80. The third kappa shape index (κ3) is 4.22. The fourth-order valence-corrected chi connectivity index (χ4v) is 2.98. The Morgan fingerprint density at radius 1 is 1.32 bits per heavy atom. The number of benzene rings is 1. The van der Waals surface area contributed by atoms with Gasteiger partial charge in [0.05, 0.1) is 16.9 Å². The normalized spacial score (nSPS) is 22.4. The molecule has 1 fully saturated rings. The Kier molecular flexibility index (Phi) is 5.45. The summed E-state index contributed by atoms with van der Waals surface area (Å²) in [7, 11) is 1.95. The SMILES string of the molecule is C=Nc1ccc(C(F)(F)F)cc1NCC1CCCC(NC)C1. The molecule has 1 aliphatic carbocycles. The van der Waals surface area contributed by atoms with Crippen LogP contribution in [0.1, 0.15) is 31.2 Å². The minimum absolute atomic E-state index is 0.399. The van der Waals surface area contributed by atoms with E-state index in [2.05, 4.69) is 22.3 Å². The molecule has 0 spiro atoms. The molecule has 1 aromatic rings. The second-order valence-electron chi connectivity index (χ2n) is 5.79. The Hall–Kier alpha value is -1.56. The number of nitrogens with one attached hydrogen (secondary N) is 2. The summed E-state index contributed by atoms with van der Waals surface area (Å²) in [6.45, 7) is 4.08. The maximum atomic E-state index is 12.8. The molecular weight excluding hydrogens is 291 g/mol. The number of hydrogen-bond acceptors (Lipinski definition) is 3. The summed E-state index contributed by atoms with van der Waals surface area (Å²) in [6, 6.07) is 4.00. The zero-order chi connectivity index (χ0) is 16.2. The molecule has 2 atom stereocenters. The summed E-state index contributed by atoms with van der Waals surface area (Å²) < 4.78 is 38.4. The molecule has 0 heterocycles. The van der Waals surface area contributed by atoms with Crippen LogP contribution in [-0.2, 0) is 6.18 Å². The third-order valence-electron chi connectivity index (χ3n) is 4.27. The van der Waals surface area contributed by atoms with Crippen LogP contribution in [0.3, 0.4) is 0 Å². The summed E-state index contributed by atoms with van der Waals surface area (Å²) in [5.41, 5.74) is 0.185. The van der Waals surface area contributed by atoms with Crippen LogP contribution in [0.15, 0.2) is 23.2 Å². The lowest BCUT2D eigenvalue weighted by Gasteiger charge is -2.29. The van der Waals surface area contributed by atoms with Crippen molar-refractivity contribution in [2.45, 2.75) is 37.9 Å². The third-order valence-corrected chi connectivity index (χ3v) is 4.27. The lowest BCUT2D eigenvalue weighted by molar-refractivity contribution is -0.137. The highest BCUT2D eigenvalue weighted by atomic mass is 19.4. The smallest absolute Gasteiger partial charge is 0.383 e. The van der Waals surface area contributed by atoms with Gasteiger partial charge in [-0.15, -0.1) is 0 Å². The summed E-state index contributed by atoms with van der Waals surface area (Å²) in [6.07, 6.45) is 0.0987. The first-order valence-corrected chi connectivity index (χ1v) is 7.53. The molecule has 0 radical (unpaired) electrons. The van der Waals surface area contributed by atoms with Crippen LogP contribution in [-0.4, -0.2) is 26.4 Å². The molecule has 0 aromatic heterocycles. The van der Waals surface area contributed by atoms with E-state index < -0.39 is 11.7 Å². The summed E-state index contributed by atoms with van der Waals surface area (Å²) in [5, 5.41) is 6.41. The molecule has 6 heteroatoms. The first kappa shape index (κ1) is 16.8. The Labute approximate surface area is 129 Å². The number of nitrogens with zero attached hydrogens (tertiary/aromatic N) is 1. The number of halogens is 3. The molecule has 2 rings (SSSR count). The second kappa shape index (κ2) is 7.13. The van der Waals surface area contributed by atoms with E-state index in [1.165, 1.54) is 6.07 Å². The first-order valence-electron chi connectivity index (χ1n) is 7.53. The van der Waals surface area contributed by atoms with Gasteiger partial charge >= 0.3 is 6.18 Å². The van der Waals surface area contributed by atoms with E-state index >= 15 is 0 Å². The largest absolute Gasteiger partial charge is 0.416 e. The van der Waals surface area contributed by atoms with Gasteiger partial charge in [0, 0.05) is 12.6 Å². The number of aliphatic imine (C=N–C) groups is 1. The van der Waals surface area contributed by atoms with Crippen molar-refractivity contribution in [3.05, 3.63) is 23.8 Å². The maximum Gasteiger partial charge on any atom is 0.416 e. The van der Waals surface area contributed by atoms with Crippen LogP contribution >= 0.6 is 0 Å². The van der Waals surface area contributed by atoms with E-state index in [9.17, 15) is 13.2 Å². The van der Waals surface area contributed by atoms with Crippen LogP contribution in [0.4, 0.5) is 24.5 Å². The van der Waals surface area contributed by atoms with Gasteiger partial charge < -0.3 is 10.6 Å².